The number of benzene rings is 1. The molecule has 0 spiro atoms. The van der Waals surface area contributed by atoms with Crippen molar-refractivity contribution in [2.24, 2.45) is 5.92 Å². The van der Waals surface area contributed by atoms with Crippen LogP contribution in [0.3, 0.4) is 0 Å². The lowest BCUT2D eigenvalue weighted by Crippen LogP contribution is -2.35. The van der Waals surface area contributed by atoms with Crippen molar-refractivity contribution in [1.29, 1.82) is 0 Å². The molecule has 0 amide bonds. The number of anilines is 1. The van der Waals surface area contributed by atoms with Crippen molar-refractivity contribution in [3.8, 4) is 5.75 Å². The van der Waals surface area contributed by atoms with Gasteiger partial charge in [0.05, 0.1) is 23.8 Å². The number of rotatable bonds is 4. The van der Waals surface area contributed by atoms with Crippen LogP contribution in [0.1, 0.15) is 12.8 Å². The van der Waals surface area contributed by atoms with E-state index in [1.54, 1.807) is 0 Å². The van der Waals surface area contributed by atoms with Gasteiger partial charge in [-0.1, -0.05) is 0 Å². The predicted molar refractivity (Wildman–Crippen MR) is 71.6 cm³/mol. The second-order valence-electron chi connectivity index (χ2n) is 4.85. The van der Waals surface area contributed by atoms with E-state index in [9.17, 15) is 14.5 Å². The van der Waals surface area contributed by atoms with Crippen LogP contribution in [0.4, 0.5) is 15.8 Å². The molecule has 110 valence electrons. The summed E-state index contributed by atoms with van der Waals surface area (Å²) in [5.41, 5.74) is -0.0668. The van der Waals surface area contributed by atoms with E-state index in [-0.39, 0.29) is 24.0 Å². The molecule has 0 unspecified atom stereocenters. The second-order valence-corrected chi connectivity index (χ2v) is 4.85. The first-order valence-corrected chi connectivity index (χ1v) is 6.44. The second kappa shape index (κ2) is 6.04. The molecule has 0 saturated carbocycles. The third-order valence-electron chi connectivity index (χ3n) is 3.66. The molecule has 1 aromatic rings. The average molecular weight is 284 g/mol. The van der Waals surface area contributed by atoms with Crippen molar-refractivity contribution < 1.29 is 19.2 Å². The van der Waals surface area contributed by atoms with Gasteiger partial charge in [0.15, 0.2) is 11.6 Å². The molecule has 0 aliphatic carbocycles. The Kier molecular flexibility index (Phi) is 4.39. The number of hydrogen-bond donors (Lipinski definition) is 1. The molecule has 6 nitrogen and oxygen atoms in total. The number of ether oxygens (including phenoxy) is 1. The minimum Gasteiger partial charge on any atom is -0.490 e. The highest BCUT2D eigenvalue weighted by Crippen LogP contribution is 2.35. The largest absolute Gasteiger partial charge is 0.490 e. The molecule has 0 atom stereocenters. The van der Waals surface area contributed by atoms with Gasteiger partial charge in [-0.3, -0.25) is 10.1 Å². The van der Waals surface area contributed by atoms with Crippen LogP contribution in [0.2, 0.25) is 0 Å². The summed E-state index contributed by atoms with van der Waals surface area (Å²) in [6.07, 6.45) is 1.55. The van der Waals surface area contributed by atoms with Crippen molar-refractivity contribution in [3.05, 3.63) is 28.1 Å². The van der Waals surface area contributed by atoms with Gasteiger partial charge in [0, 0.05) is 25.8 Å². The lowest BCUT2D eigenvalue weighted by Gasteiger charge is -2.33. The zero-order valence-corrected chi connectivity index (χ0v) is 11.2. The Hall–Kier alpha value is -1.89. The van der Waals surface area contributed by atoms with Crippen LogP contribution in [-0.4, -0.2) is 36.8 Å². The zero-order chi connectivity index (χ0) is 14.7. The van der Waals surface area contributed by atoms with Gasteiger partial charge in [-0.25, -0.2) is 4.39 Å². The molecule has 1 fully saturated rings. The van der Waals surface area contributed by atoms with Gasteiger partial charge in [0.1, 0.15) is 0 Å². The lowest BCUT2D eigenvalue weighted by atomic mass is 9.97. The van der Waals surface area contributed by atoms with E-state index < -0.39 is 10.7 Å². The Bertz CT molecular complexity index is 501. The van der Waals surface area contributed by atoms with Crippen molar-refractivity contribution in [2.75, 3.05) is 31.7 Å². The number of nitro groups is 1. The van der Waals surface area contributed by atoms with Crippen molar-refractivity contribution in [3.63, 3.8) is 0 Å². The third kappa shape index (κ3) is 2.82. The van der Waals surface area contributed by atoms with Crippen LogP contribution in [-0.2, 0) is 0 Å². The van der Waals surface area contributed by atoms with Crippen LogP contribution >= 0.6 is 0 Å². The molecular formula is C13H17FN2O4. The van der Waals surface area contributed by atoms with Crippen LogP contribution in [0.15, 0.2) is 12.1 Å². The topological polar surface area (TPSA) is 75.8 Å². The number of halogens is 1. The number of piperidine rings is 1. The quantitative estimate of drug-likeness (QED) is 0.675. The number of aliphatic hydroxyl groups is 1. The summed E-state index contributed by atoms with van der Waals surface area (Å²) in [6.45, 7) is 1.37. The molecule has 0 bridgehead atoms. The zero-order valence-electron chi connectivity index (χ0n) is 11.2. The maximum Gasteiger partial charge on any atom is 0.313 e. The van der Waals surface area contributed by atoms with Crippen molar-refractivity contribution in [2.45, 2.75) is 12.8 Å². The van der Waals surface area contributed by atoms with Gasteiger partial charge in [-0.2, -0.15) is 0 Å². The Morgan fingerprint density at radius 3 is 2.65 bits per heavy atom. The molecule has 1 saturated heterocycles. The molecule has 1 aliphatic heterocycles. The summed E-state index contributed by atoms with van der Waals surface area (Å²) >= 11 is 0. The van der Waals surface area contributed by atoms with E-state index in [4.69, 9.17) is 9.84 Å². The number of nitrogens with zero attached hydrogens (tertiary/aromatic N) is 2. The van der Waals surface area contributed by atoms with E-state index in [0.29, 0.717) is 18.8 Å². The lowest BCUT2D eigenvalue weighted by molar-refractivity contribution is -0.385. The predicted octanol–water partition coefficient (Wildman–Crippen LogP) is 1.95. The minimum absolute atomic E-state index is 0.0516. The van der Waals surface area contributed by atoms with Gasteiger partial charge >= 0.3 is 5.69 Å². The highest BCUT2D eigenvalue weighted by atomic mass is 19.1. The Balaban J connectivity index is 2.26. The van der Waals surface area contributed by atoms with Gasteiger partial charge in [0.2, 0.25) is 0 Å². The summed E-state index contributed by atoms with van der Waals surface area (Å²) in [6, 6.07) is 2.26. The standard InChI is InChI=1S/C13H17FN2O4/c1-20-13-7-11(10(14)6-12(13)16(18)19)15-4-2-9(8-17)3-5-15/h6-7,9,17H,2-5,8H2,1H3. The summed E-state index contributed by atoms with van der Waals surface area (Å²) in [5.74, 6) is -0.329. The molecule has 0 radical (unpaired) electrons. The molecule has 1 aliphatic rings. The highest BCUT2D eigenvalue weighted by molar-refractivity contribution is 5.60. The van der Waals surface area contributed by atoms with E-state index >= 15 is 0 Å². The molecule has 1 N–H and O–H groups in total. The first-order chi connectivity index (χ1) is 9.56. The third-order valence-corrected chi connectivity index (χ3v) is 3.66. The number of methoxy groups -OCH3 is 1. The molecule has 2 rings (SSSR count). The van der Waals surface area contributed by atoms with Gasteiger partial charge < -0.3 is 14.7 Å². The normalized spacial score (nSPS) is 16.2. The van der Waals surface area contributed by atoms with Gasteiger partial charge in [-0.05, 0) is 18.8 Å². The van der Waals surface area contributed by atoms with E-state index in [1.165, 1.54) is 13.2 Å². The van der Waals surface area contributed by atoms with Crippen LogP contribution in [0, 0.1) is 21.8 Å². The first-order valence-electron chi connectivity index (χ1n) is 6.44. The average Bonchev–Trinajstić information content (AvgIpc) is 2.47. The number of aliphatic hydroxyl groups excluding tert-OH is 1. The Morgan fingerprint density at radius 2 is 2.15 bits per heavy atom. The van der Waals surface area contributed by atoms with Gasteiger partial charge in [-0.15, -0.1) is 0 Å². The van der Waals surface area contributed by atoms with Crippen LogP contribution in [0.5, 0.6) is 5.75 Å². The van der Waals surface area contributed by atoms with Crippen molar-refractivity contribution >= 4 is 11.4 Å². The van der Waals surface area contributed by atoms with Crippen molar-refractivity contribution in [1.82, 2.24) is 0 Å². The van der Waals surface area contributed by atoms with E-state index in [1.807, 2.05) is 4.90 Å². The summed E-state index contributed by atoms with van der Waals surface area (Å²) < 4.78 is 19.0. The maximum absolute atomic E-state index is 14.0. The molecule has 1 heterocycles. The van der Waals surface area contributed by atoms with Crippen LogP contribution in [0.25, 0.3) is 0 Å². The summed E-state index contributed by atoms with van der Waals surface area (Å²) in [7, 11) is 1.32. The molecule has 1 aromatic carbocycles. The highest BCUT2D eigenvalue weighted by Gasteiger charge is 2.25. The first kappa shape index (κ1) is 14.5. The molecule has 0 aromatic heterocycles. The fourth-order valence-corrected chi connectivity index (χ4v) is 2.44. The molecule has 20 heavy (non-hydrogen) atoms. The number of nitro benzene ring substituents is 1. The molecule has 7 heteroatoms. The fourth-order valence-electron chi connectivity index (χ4n) is 2.44. The van der Waals surface area contributed by atoms with Crippen LogP contribution < -0.4 is 9.64 Å². The van der Waals surface area contributed by atoms with Gasteiger partial charge in [0.25, 0.3) is 0 Å². The SMILES string of the molecule is COc1cc(N2CCC(CO)CC2)c(F)cc1[N+](=O)[O-]. The number of hydrogen-bond acceptors (Lipinski definition) is 5. The minimum atomic E-state index is -0.663. The molecular weight excluding hydrogens is 267 g/mol. The smallest absolute Gasteiger partial charge is 0.313 e. The fraction of sp³-hybridized carbons (Fsp3) is 0.538. The summed E-state index contributed by atoms with van der Waals surface area (Å²) in [4.78, 5) is 12.0. The van der Waals surface area contributed by atoms with E-state index in [0.717, 1.165) is 18.9 Å². The maximum atomic E-state index is 14.0. The monoisotopic (exact) mass is 284 g/mol. The summed E-state index contributed by atoms with van der Waals surface area (Å²) in [5, 5.41) is 19.9. The Morgan fingerprint density at radius 1 is 1.50 bits per heavy atom. The van der Waals surface area contributed by atoms with E-state index in [2.05, 4.69) is 0 Å². The Labute approximate surface area is 115 Å².